The number of carboxylic acid groups (broad SMARTS) is 1. The van der Waals surface area contributed by atoms with E-state index in [4.69, 9.17) is 5.11 Å². The third-order valence-corrected chi connectivity index (χ3v) is 2.78. The summed E-state index contributed by atoms with van der Waals surface area (Å²) in [5, 5.41) is 8.50. The molecule has 0 saturated heterocycles. The Bertz CT molecular complexity index is 264. The lowest BCUT2D eigenvalue weighted by molar-refractivity contribution is -0.137. The Labute approximate surface area is 96.0 Å². The highest BCUT2D eigenvalue weighted by Gasteiger charge is 2.32. The molecule has 0 aromatic rings. The molecular formula is C11H20N2O3. The summed E-state index contributed by atoms with van der Waals surface area (Å²) in [7, 11) is 1.73. The van der Waals surface area contributed by atoms with Gasteiger partial charge in [0.05, 0.1) is 0 Å². The van der Waals surface area contributed by atoms with E-state index in [-0.39, 0.29) is 12.5 Å². The second-order valence-electron chi connectivity index (χ2n) is 4.22. The van der Waals surface area contributed by atoms with Crippen LogP contribution >= 0.6 is 0 Å². The Kier molecular flexibility index (Phi) is 4.58. The molecule has 1 aliphatic carbocycles. The van der Waals surface area contributed by atoms with E-state index < -0.39 is 5.97 Å². The molecule has 1 rings (SSSR count). The van der Waals surface area contributed by atoms with Gasteiger partial charge in [0.2, 0.25) is 0 Å². The molecule has 0 aromatic carbocycles. The maximum Gasteiger partial charge on any atom is 0.319 e. The number of carboxylic acids is 1. The van der Waals surface area contributed by atoms with Crippen LogP contribution in [0.25, 0.3) is 0 Å². The molecule has 5 nitrogen and oxygen atoms in total. The van der Waals surface area contributed by atoms with Gasteiger partial charge in [0, 0.05) is 32.6 Å². The highest BCUT2D eigenvalue weighted by Crippen LogP contribution is 2.27. The van der Waals surface area contributed by atoms with Crippen LogP contribution in [0.3, 0.4) is 0 Å². The number of carbonyl (C=O) groups is 2. The average molecular weight is 228 g/mol. The van der Waals surface area contributed by atoms with Gasteiger partial charge >= 0.3 is 12.0 Å². The molecule has 0 radical (unpaired) electrons. The van der Waals surface area contributed by atoms with Crippen molar-refractivity contribution in [2.75, 3.05) is 20.1 Å². The van der Waals surface area contributed by atoms with E-state index in [0.29, 0.717) is 19.0 Å². The number of amides is 2. The van der Waals surface area contributed by atoms with Crippen molar-refractivity contribution >= 4 is 12.0 Å². The summed E-state index contributed by atoms with van der Waals surface area (Å²) >= 11 is 0. The van der Waals surface area contributed by atoms with Crippen LogP contribution in [0.4, 0.5) is 4.79 Å². The van der Waals surface area contributed by atoms with Crippen LogP contribution in [0, 0.1) is 0 Å². The minimum Gasteiger partial charge on any atom is -0.481 e. The summed E-state index contributed by atoms with van der Waals surface area (Å²) in [6.45, 7) is 3.21. The van der Waals surface area contributed by atoms with Crippen LogP contribution in [0.15, 0.2) is 0 Å². The van der Waals surface area contributed by atoms with Crippen molar-refractivity contribution in [2.45, 2.75) is 38.6 Å². The Morgan fingerprint density at radius 2 is 2.00 bits per heavy atom. The van der Waals surface area contributed by atoms with Crippen molar-refractivity contribution in [3.63, 3.8) is 0 Å². The van der Waals surface area contributed by atoms with E-state index in [1.54, 1.807) is 11.9 Å². The molecule has 1 fully saturated rings. The molecule has 0 spiro atoms. The first-order chi connectivity index (χ1) is 7.56. The number of hydrogen-bond donors (Lipinski definition) is 1. The van der Waals surface area contributed by atoms with Crippen LogP contribution < -0.4 is 0 Å². The van der Waals surface area contributed by atoms with Crippen molar-refractivity contribution in [2.24, 2.45) is 0 Å². The summed E-state index contributed by atoms with van der Waals surface area (Å²) in [6.07, 6.45) is 2.83. The van der Waals surface area contributed by atoms with Crippen molar-refractivity contribution in [1.82, 2.24) is 9.80 Å². The monoisotopic (exact) mass is 228 g/mol. The molecule has 2 amide bonds. The number of aliphatic carboxylic acids is 1. The van der Waals surface area contributed by atoms with Gasteiger partial charge in [0.1, 0.15) is 0 Å². The predicted octanol–water partition coefficient (Wildman–Crippen LogP) is 1.39. The zero-order chi connectivity index (χ0) is 12.1. The molecule has 1 saturated carbocycles. The van der Waals surface area contributed by atoms with Crippen LogP contribution in [0.5, 0.6) is 0 Å². The normalized spacial score (nSPS) is 14.6. The molecule has 92 valence electrons. The lowest BCUT2D eigenvalue weighted by Gasteiger charge is -2.27. The van der Waals surface area contributed by atoms with Crippen molar-refractivity contribution in [3.05, 3.63) is 0 Å². The molecule has 5 heteroatoms. The molecule has 0 heterocycles. The molecule has 0 aliphatic heterocycles. The Hall–Kier alpha value is -1.26. The summed E-state index contributed by atoms with van der Waals surface area (Å²) in [5.74, 6) is -0.810. The highest BCUT2D eigenvalue weighted by atomic mass is 16.4. The van der Waals surface area contributed by atoms with Crippen LogP contribution in [-0.2, 0) is 4.79 Å². The van der Waals surface area contributed by atoms with E-state index in [2.05, 4.69) is 0 Å². The number of urea groups is 1. The van der Waals surface area contributed by atoms with E-state index in [0.717, 1.165) is 19.4 Å². The standard InChI is InChI=1S/C11H20N2O3/c1-3-13(9-6-7-9)11(16)12(2)8-4-5-10(14)15/h9H,3-8H2,1-2H3,(H,14,15). The largest absolute Gasteiger partial charge is 0.481 e. The van der Waals surface area contributed by atoms with Gasteiger partial charge < -0.3 is 14.9 Å². The molecule has 0 bridgehead atoms. The van der Waals surface area contributed by atoms with E-state index >= 15 is 0 Å². The second kappa shape index (κ2) is 5.72. The average Bonchev–Trinajstić information content (AvgIpc) is 3.02. The van der Waals surface area contributed by atoms with E-state index in [9.17, 15) is 9.59 Å². The van der Waals surface area contributed by atoms with Gasteiger partial charge in [-0.25, -0.2) is 4.79 Å². The van der Waals surface area contributed by atoms with Gasteiger partial charge in [-0.15, -0.1) is 0 Å². The maximum atomic E-state index is 11.9. The first-order valence-corrected chi connectivity index (χ1v) is 5.79. The lowest BCUT2D eigenvalue weighted by atomic mass is 10.3. The topological polar surface area (TPSA) is 60.9 Å². The summed E-state index contributed by atoms with van der Waals surface area (Å²) in [5.41, 5.74) is 0. The van der Waals surface area contributed by atoms with E-state index in [1.807, 2.05) is 11.8 Å². The predicted molar refractivity (Wildman–Crippen MR) is 60.3 cm³/mol. The van der Waals surface area contributed by atoms with Gasteiger partial charge in [0.15, 0.2) is 0 Å². The third kappa shape index (κ3) is 3.72. The molecule has 0 aromatic heterocycles. The summed E-state index contributed by atoms with van der Waals surface area (Å²) in [4.78, 5) is 25.8. The van der Waals surface area contributed by atoms with Gasteiger partial charge in [-0.1, -0.05) is 0 Å². The van der Waals surface area contributed by atoms with Gasteiger partial charge in [-0.3, -0.25) is 4.79 Å². The van der Waals surface area contributed by atoms with Gasteiger partial charge in [-0.2, -0.15) is 0 Å². The molecule has 0 atom stereocenters. The molecule has 0 unspecified atom stereocenters. The number of nitrogens with zero attached hydrogens (tertiary/aromatic N) is 2. The first-order valence-electron chi connectivity index (χ1n) is 5.79. The van der Waals surface area contributed by atoms with Crippen molar-refractivity contribution in [1.29, 1.82) is 0 Å². The Balaban J connectivity index is 2.31. The van der Waals surface area contributed by atoms with Gasteiger partial charge in [0.25, 0.3) is 0 Å². The Morgan fingerprint density at radius 3 is 2.44 bits per heavy atom. The summed E-state index contributed by atoms with van der Waals surface area (Å²) in [6, 6.07) is 0.440. The second-order valence-corrected chi connectivity index (χ2v) is 4.22. The quantitative estimate of drug-likeness (QED) is 0.747. The smallest absolute Gasteiger partial charge is 0.319 e. The maximum absolute atomic E-state index is 11.9. The SMILES string of the molecule is CCN(C(=O)N(C)CCCC(=O)O)C1CC1. The van der Waals surface area contributed by atoms with Crippen molar-refractivity contribution in [3.8, 4) is 0 Å². The molecular weight excluding hydrogens is 208 g/mol. The van der Waals surface area contributed by atoms with Gasteiger partial charge in [-0.05, 0) is 26.2 Å². The molecule has 1 N–H and O–H groups in total. The molecule has 16 heavy (non-hydrogen) atoms. The minimum absolute atomic E-state index is 0.0235. The number of rotatable bonds is 6. The zero-order valence-corrected chi connectivity index (χ0v) is 9.98. The lowest BCUT2D eigenvalue weighted by Crippen LogP contribution is -2.42. The highest BCUT2D eigenvalue weighted by molar-refractivity contribution is 5.75. The van der Waals surface area contributed by atoms with Crippen LogP contribution in [0.1, 0.15) is 32.6 Å². The number of carbonyl (C=O) groups excluding carboxylic acids is 1. The van der Waals surface area contributed by atoms with Crippen molar-refractivity contribution < 1.29 is 14.7 Å². The summed E-state index contributed by atoms with van der Waals surface area (Å²) < 4.78 is 0. The van der Waals surface area contributed by atoms with E-state index in [1.165, 1.54) is 0 Å². The minimum atomic E-state index is -0.810. The fourth-order valence-electron chi connectivity index (χ4n) is 1.72. The first kappa shape index (κ1) is 12.8. The number of hydrogen-bond acceptors (Lipinski definition) is 2. The zero-order valence-electron chi connectivity index (χ0n) is 9.98. The molecule has 1 aliphatic rings. The Morgan fingerprint density at radius 1 is 1.38 bits per heavy atom. The van der Waals surface area contributed by atoms with Crippen LogP contribution in [0.2, 0.25) is 0 Å². The third-order valence-electron chi connectivity index (χ3n) is 2.78. The fourth-order valence-corrected chi connectivity index (χ4v) is 1.72. The fraction of sp³-hybridized carbons (Fsp3) is 0.818. The van der Waals surface area contributed by atoms with Crippen LogP contribution in [-0.4, -0.2) is 53.1 Å².